The van der Waals surface area contributed by atoms with Gasteiger partial charge < -0.3 is 19.4 Å². The third kappa shape index (κ3) is 5.46. The van der Waals surface area contributed by atoms with Crippen molar-refractivity contribution in [1.29, 1.82) is 0 Å². The second-order valence-corrected chi connectivity index (χ2v) is 10.2. The lowest BCUT2D eigenvalue weighted by molar-refractivity contribution is -0.148. The first-order valence-corrected chi connectivity index (χ1v) is 13.7. The van der Waals surface area contributed by atoms with E-state index in [2.05, 4.69) is 82.6 Å². The molecule has 0 aromatic heterocycles. The van der Waals surface area contributed by atoms with Crippen molar-refractivity contribution in [2.75, 3.05) is 44.4 Å². The van der Waals surface area contributed by atoms with Crippen molar-refractivity contribution in [3.05, 3.63) is 102 Å². The third-order valence-electron chi connectivity index (χ3n) is 8.03. The van der Waals surface area contributed by atoms with Crippen LogP contribution in [0.1, 0.15) is 43.2 Å². The highest BCUT2D eigenvalue weighted by Gasteiger charge is 2.54. The first kappa shape index (κ1) is 26.0. The van der Waals surface area contributed by atoms with E-state index >= 15 is 0 Å². The molecule has 198 valence electrons. The Balaban J connectivity index is 1.29. The number of ether oxygens (including phenoxy) is 1. The quantitative estimate of drug-likeness (QED) is 0.382. The molecule has 0 aliphatic carbocycles. The first-order valence-electron chi connectivity index (χ1n) is 13.7. The molecule has 2 aliphatic heterocycles. The zero-order valence-corrected chi connectivity index (χ0v) is 22.2. The molecule has 0 radical (unpaired) electrons. The van der Waals surface area contributed by atoms with Gasteiger partial charge in [-0.15, -0.1) is 0 Å². The van der Waals surface area contributed by atoms with Gasteiger partial charge in [-0.05, 0) is 56.0 Å². The van der Waals surface area contributed by atoms with Gasteiger partial charge >= 0.3 is 5.97 Å². The number of nitrogens with zero attached hydrogens (tertiary/aromatic N) is 3. The predicted molar refractivity (Wildman–Crippen MR) is 150 cm³/mol. The Kier molecular flexibility index (Phi) is 8.08. The molecule has 0 atom stereocenters. The lowest BCUT2D eigenvalue weighted by Gasteiger charge is -2.43. The maximum Gasteiger partial charge on any atom is 0.325 e. The zero-order valence-electron chi connectivity index (χ0n) is 22.2. The van der Waals surface area contributed by atoms with Gasteiger partial charge in [0.2, 0.25) is 0 Å². The molecule has 0 saturated carbocycles. The van der Waals surface area contributed by atoms with Gasteiger partial charge in [-0.25, -0.2) is 0 Å². The van der Waals surface area contributed by atoms with Crippen molar-refractivity contribution >= 4 is 17.6 Å². The summed E-state index contributed by atoms with van der Waals surface area (Å²) in [5, 5.41) is 0. The summed E-state index contributed by atoms with van der Waals surface area (Å²) in [5.41, 5.74) is 3.07. The van der Waals surface area contributed by atoms with E-state index < -0.39 is 5.54 Å². The molecule has 2 heterocycles. The Morgan fingerprint density at radius 1 is 0.868 bits per heavy atom. The summed E-state index contributed by atoms with van der Waals surface area (Å²) in [6.45, 7) is 5.17. The second kappa shape index (κ2) is 11.8. The van der Waals surface area contributed by atoms with E-state index in [0.29, 0.717) is 19.2 Å². The lowest BCUT2D eigenvalue weighted by Crippen LogP contribution is -2.56. The lowest BCUT2D eigenvalue weighted by atomic mass is 9.84. The number of carbonyl (C=O) groups is 2. The number of rotatable bonds is 9. The highest BCUT2D eigenvalue weighted by molar-refractivity contribution is 5.95. The van der Waals surface area contributed by atoms with E-state index in [0.717, 1.165) is 44.6 Å². The van der Waals surface area contributed by atoms with Crippen molar-refractivity contribution < 1.29 is 14.3 Å². The normalized spacial score (nSPS) is 17.4. The molecule has 0 unspecified atom stereocenters. The molecule has 3 aromatic rings. The summed E-state index contributed by atoms with van der Waals surface area (Å²) >= 11 is 0. The van der Waals surface area contributed by atoms with Crippen LogP contribution in [0.3, 0.4) is 0 Å². The summed E-state index contributed by atoms with van der Waals surface area (Å²) in [7, 11) is 0. The largest absolute Gasteiger partial charge is 0.465 e. The topological polar surface area (TPSA) is 53.1 Å². The highest BCUT2D eigenvalue weighted by atomic mass is 16.5. The average Bonchev–Trinajstić information content (AvgIpc) is 3.22. The fourth-order valence-corrected chi connectivity index (χ4v) is 6.04. The van der Waals surface area contributed by atoms with Gasteiger partial charge in [0.25, 0.3) is 5.91 Å². The van der Waals surface area contributed by atoms with E-state index in [4.69, 9.17) is 4.74 Å². The Labute approximate surface area is 225 Å². The SMILES string of the molecule is CCOC(=O)CN1CN(c2ccccc2)C2(CCN(CCC(c3ccccc3)c3ccccc3)CC2)C1=O. The van der Waals surface area contributed by atoms with Crippen LogP contribution < -0.4 is 4.90 Å². The summed E-state index contributed by atoms with van der Waals surface area (Å²) in [6.07, 6.45) is 2.50. The molecule has 2 saturated heterocycles. The van der Waals surface area contributed by atoms with Gasteiger partial charge in [-0.1, -0.05) is 78.9 Å². The average molecular weight is 512 g/mol. The van der Waals surface area contributed by atoms with E-state index in [9.17, 15) is 9.59 Å². The van der Waals surface area contributed by atoms with Crippen molar-refractivity contribution in [2.45, 2.75) is 37.6 Å². The third-order valence-corrected chi connectivity index (χ3v) is 8.03. The number of amides is 1. The number of piperidine rings is 1. The summed E-state index contributed by atoms with van der Waals surface area (Å²) in [5.74, 6) is 0.0269. The minimum Gasteiger partial charge on any atom is -0.465 e. The molecular weight excluding hydrogens is 474 g/mol. The van der Waals surface area contributed by atoms with E-state index in [1.54, 1.807) is 11.8 Å². The molecule has 1 spiro atoms. The number of hydrogen-bond acceptors (Lipinski definition) is 5. The predicted octanol–water partition coefficient (Wildman–Crippen LogP) is 4.91. The molecule has 1 amide bonds. The summed E-state index contributed by atoms with van der Waals surface area (Å²) < 4.78 is 5.15. The van der Waals surface area contributed by atoms with Gasteiger partial charge in [-0.3, -0.25) is 9.59 Å². The number of para-hydroxylation sites is 1. The number of anilines is 1. The minimum absolute atomic E-state index is 0.00268. The Hall–Kier alpha value is -3.64. The second-order valence-electron chi connectivity index (χ2n) is 10.2. The van der Waals surface area contributed by atoms with Crippen LogP contribution in [0.5, 0.6) is 0 Å². The Bertz CT molecular complexity index is 1150. The zero-order chi connectivity index (χ0) is 26.4. The highest BCUT2D eigenvalue weighted by Crippen LogP contribution is 2.40. The van der Waals surface area contributed by atoms with Gasteiger partial charge in [0, 0.05) is 24.7 Å². The molecule has 3 aromatic carbocycles. The van der Waals surface area contributed by atoms with Crippen LogP contribution in [0.25, 0.3) is 0 Å². The van der Waals surface area contributed by atoms with Crippen molar-refractivity contribution in [1.82, 2.24) is 9.80 Å². The van der Waals surface area contributed by atoms with Gasteiger partial charge in [0.05, 0.1) is 13.3 Å². The molecular formula is C32H37N3O3. The van der Waals surface area contributed by atoms with Crippen molar-refractivity contribution in [3.8, 4) is 0 Å². The van der Waals surface area contributed by atoms with Crippen LogP contribution in [0.2, 0.25) is 0 Å². The maximum absolute atomic E-state index is 13.8. The van der Waals surface area contributed by atoms with E-state index in [1.807, 2.05) is 18.2 Å². The molecule has 0 N–H and O–H groups in total. The Morgan fingerprint density at radius 3 is 1.97 bits per heavy atom. The number of hydrogen-bond donors (Lipinski definition) is 0. The summed E-state index contributed by atoms with van der Waals surface area (Å²) in [6, 6.07) is 31.6. The van der Waals surface area contributed by atoms with Gasteiger partial charge in [-0.2, -0.15) is 0 Å². The number of carbonyl (C=O) groups excluding carboxylic acids is 2. The van der Waals surface area contributed by atoms with Crippen LogP contribution in [0.4, 0.5) is 5.69 Å². The van der Waals surface area contributed by atoms with Crippen LogP contribution in [-0.4, -0.2) is 66.7 Å². The fourth-order valence-electron chi connectivity index (χ4n) is 6.04. The van der Waals surface area contributed by atoms with Crippen LogP contribution in [-0.2, 0) is 14.3 Å². The van der Waals surface area contributed by atoms with Gasteiger partial charge in [0.15, 0.2) is 0 Å². The molecule has 0 bridgehead atoms. The van der Waals surface area contributed by atoms with Crippen LogP contribution in [0, 0.1) is 0 Å². The van der Waals surface area contributed by atoms with E-state index in [1.165, 1.54) is 11.1 Å². The van der Waals surface area contributed by atoms with Crippen LogP contribution in [0.15, 0.2) is 91.0 Å². The molecule has 2 aliphatic rings. The standard InChI is InChI=1S/C32H37N3O3/c1-2-38-30(36)24-34-25-35(28-16-10-5-11-17-28)32(31(34)37)19-22-33(23-20-32)21-18-29(26-12-6-3-7-13-26)27-14-8-4-9-15-27/h3-17,29H,2,18-25H2,1H3. The Morgan fingerprint density at radius 2 is 1.42 bits per heavy atom. The number of likely N-dealkylation sites (tertiary alicyclic amines) is 1. The molecule has 6 nitrogen and oxygen atoms in total. The summed E-state index contributed by atoms with van der Waals surface area (Å²) in [4.78, 5) is 32.4. The van der Waals surface area contributed by atoms with Crippen molar-refractivity contribution in [2.24, 2.45) is 0 Å². The molecule has 2 fully saturated rings. The minimum atomic E-state index is -0.622. The molecule has 38 heavy (non-hydrogen) atoms. The van der Waals surface area contributed by atoms with Crippen molar-refractivity contribution in [3.63, 3.8) is 0 Å². The molecule has 6 heteroatoms. The van der Waals surface area contributed by atoms with E-state index in [-0.39, 0.29) is 18.4 Å². The molecule has 5 rings (SSSR count). The monoisotopic (exact) mass is 511 g/mol. The number of benzene rings is 3. The first-order chi connectivity index (χ1) is 18.6. The maximum atomic E-state index is 13.8. The van der Waals surface area contributed by atoms with Crippen LogP contribution >= 0.6 is 0 Å². The van der Waals surface area contributed by atoms with Gasteiger partial charge in [0.1, 0.15) is 12.1 Å². The number of esters is 1. The smallest absolute Gasteiger partial charge is 0.325 e. The fraction of sp³-hybridized carbons (Fsp3) is 0.375.